The number of halogens is 3. The Morgan fingerprint density at radius 3 is 2.24 bits per heavy atom. The maximum absolute atomic E-state index is 12.8. The summed E-state index contributed by atoms with van der Waals surface area (Å²) in [6.07, 6.45) is 4.60. The van der Waals surface area contributed by atoms with E-state index in [1.807, 2.05) is 0 Å². The summed E-state index contributed by atoms with van der Waals surface area (Å²) in [5, 5.41) is 11.8. The first-order valence-corrected chi connectivity index (χ1v) is 10.3. The molecule has 0 spiro atoms. The molecule has 4 rings (SSSR count). The van der Waals surface area contributed by atoms with Crippen LogP contribution in [-0.4, -0.2) is 50.4 Å². The summed E-state index contributed by atoms with van der Waals surface area (Å²) in [5.41, 5.74) is -0.163. The molecule has 6 nitrogen and oxygen atoms in total. The number of nitrogens with zero attached hydrogens (tertiary/aromatic N) is 5. The number of ether oxygens (including phenoxy) is 1. The van der Waals surface area contributed by atoms with Gasteiger partial charge in [0.25, 0.3) is 0 Å². The Labute approximate surface area is 168 Å². The van der Waals surface area contributed by atoms with Crippen molar-refractivity contribution in [2.75, 3.05) is 13.1 Å². The van der Waals surface area contributed by atoms with E-state index in [2.05, 4.69) is 20.4 Å². The quantitative estimate of drug-likeness (QED) is 0.747. The van der Waals surface area contributed by atoms with E-state index in [1.54, 1.807) is 0 Å². The number of tetrazole rings is 1. The summed E-state index contributed by atoms with van der Waals surface area (Å²) in [5.74, 6) is 0.622. The van der Waals surface area contributed by atoms with Crippen molar-refractivity contribution >= 4 is 0 Å². The number of alkyl halides is 3. The van der Waals surface area contributed by atoms with Gasteiger partial charge in [0.15, 0.2) is 5.82 Å². The van der Waals surface area contributed by atoms with Crippen molar-refractivity contribution in [2.24, 2.45) is 0 Å². The average Bonchev–Trinajstić information content (AvgIpc) is 3.18. The van der Waals surface area contributed by atoms with Crippen LogP contribution in [0.3, 0.4) is 0 Å². The van der Waals surface area contributed by atoms with Gasteiger partial charge in [0.05, 0.1) is 30.0 Å². The molecule has 1 aromatic heterocycles. The maximum Gasteiger partial charge on any atom is 0.416 e. The summed E-state index contributed by atoms with van der Waals surface area (Å²) in [6, 6.07) is 4.89. The van der Waals surface area contributed by atoms with Crippen LogP contribution >= 0.6 is 0 Å². The lowest BCUT2D eigenvalue weighted by molar-refractivity contribution is -0.137. The molecule has 0 amide bonds. The molecule has 2 fully saturated rings. The molecule has 1 saturated carbocycles. The smallest absolute Gasteiger partial charge is 0.375 e. The fourth-order valence-corrected chi connectivity index (χ4v) is 4.17. The van der Waals surface area contributed by atoms with E-state index in [0.29, 0.717) is 30.3 Å². The van der Waals surface area contributed by atoms with Gasteiger partial charge in [-0.05, 0) is 60.4 Å². The van der Waals surface area contributed by atoms with Crippen molar-refractivity contribution in [1.29, 1.82) is 0 Å². The predicted molar refractivity (Wildman–Crippen MR) is 100 cm³/mol. The lowest BCUT2D eigenvalue weighted by Crippen LogP contribution is -2.38. The SMILES string of the molecule is FC(F)(F)c1ccc(-n2nnnc2CN2CCC(OC3CCCCC3)CC2)cc1. The molecular formula is C20H26F3N5O. The van der Waals surface area contributed by atoms with Gasteiger partial charge >= 0.3 is 6.18 Å². The Hall–Kier alpha value is -2.00. The number of likely N-dealkylation sites (tertiary alicyclic amines) is 1. The molecule has 1 aliphatic heterocycles. The zero-order chi connectivity index (χ0) is 20.3. The van der Waals surface area contributed by atoms with Gasteiger partial charge in [0.2, 0.25) is 0 Å². The van der Waals surface area contributed by atoms with Gasteiger partial charge in [-0.3, -0.25) is 4.90 Å². The minimum Gasteiger partial charge on any atom is -0.375 e. The molecule has 1 saturated heterocycles. The Balaban J connectivity index is 1.33. The molecule has 2 heterocycles. The van der Waals surface area contributed by atoms with E-state index in [0.717, 1.165) is 38.1 Å². The Morgan fingerprint density at radius 1 is 0.931 bits per heavy atom. The molecule has 1 aliphatic carbocycles. The third kappa shape index (κ3) is 5.14. The second-order valence-electron chi connectivity index (χ2n) is 7.92. The van der Waals surface area contributed by atoms with E-state index in [9.17, 15) is 13.2 Å². The van der Waals surface area contributed by atoms with Gasteiger partial charge in [0, 0.05) is 13.1 Å². The normalized spacial score (nSPS) is 20.2. The van der Waals surface area contributed by atoms with Crippen LogP contribution in [0.2, 0.25) is 0 Å². The molecule has 0 radical (unpaired) electrons. The summed E-state index contributed by atoms with van der Waals surface area (Å²) in [7, 11) is 0. The lowest BCUT2D eigenvalue weighted by atomic mass is 9.97. The Morgan fingerprint density at radius 2 is 1.59 bits per heavy atom. The molecule has 0 N–H and O–H groups in total. The first-order chi connectivity index (χ1) is 14.0. The van der Waals surface area contributed by atoms with Crippen molar-refractivity contribution in [3.8, 4) is 5.69 Å². The second-order valence-corrected chi connectivity index (χ2v) is 7.92. The average molecular weight is 409 g/mol. The molecule has 29 heavy (non-hydrogen) atoms. The zero-order valence-corrected chi connectivity index (χ0v) is 16.3. The van der Waals surface area contributed by atoms with Gasteiger partial charge < -0.3 is 4.74 Å². The number of hydrogen-bond acceptors (Lipinski definition) is 5. The highest BCUT2D eigenvalue weighted by molar-refractivity contribution is 5.35. The molecule has 9 heteroatoms. The lowest BCUT2D eigenvalue weighted by Gasteiger charge is -2.34. The number of benzene rings is 1. The fraction of sp³-hybridized carbons (Fsp3) is 0.650. The predicted octanol–water partition coefficient (Wildman–Crippen LogP) is 3.99. The van der Waals surface area contributed by atoms with E-state index in [-0.39, 0.29) is 0 Å². The van der Waals surface area contributed by atoms with Crippen molar-refractivity contribution < 1.29 is 17.9 Å². The van der Waals surface area contributed by atoms with E-state index >= 15 is 0 Å². The molecule has 0 unspecified atom stereocenters. The van der Waals surface area contributed by atoms with Crippen LogP contribution in [-0.2, 0) is 17.5 Å². The second kappa shape index (κ2) is 8.79. The zero-order valence-electron chi connectivity index (χ0n) is 16.3. The summed E-state index contributed by atoms with van der Waals surface area (Å²) in [6.45, 7) is 2.36. The van der Waals surface area contributed by atoms with Crippen LogP contribution < -0.4 is 0 Å². The van der Waals surface area contributed by atoms with Gasteiger partial charge in [-0.1, -0.05) is 19.3 Å². The Kier molecular flexibility index (Phi) is 6.15. The van der Waals surface area contributed by atoms with Gasteiger partial charge in [-0.25, -0.2) is 0 Å². The monoisotopic (exact) mass is 409 g/mol. The summed E-state index contributed by atoms with van der Waals surface area (Å²) in [4.78, 5) is 2.27. The third-order valence-electron chi connectivity index (χ3n) is 5.81. The first kappa shape index (κ1) is 20.3. The minimum absolute atomic E-state index is 0.320. The molecule has 0 atom stereocenters. The molecule has 0 bridgehead atoms. The highest BCUT2D eigenvalue weighted by atomic mass is 19.4. The molecule has 1 aromatic carbocycles. The van der Waals surface area contributed by atoms with Crippen LogP contribution in [0.25, 0.3) is 5.69 Å². The van der Waals surface area contributed by atoms with E-state index < -0.39 is 11.7 Å². The third-order valence-corrected chi connectivity index (χ3v) is 5.81. The van der Waals surface area contributed by atoms with Crippen LogP contribution in [0.1, 0.15) is 56.3 Å². The van der Waals surface area contributed by atoms with Crippen molar-refractivity contribution in [3.05, 3.63) is 35.7 Å². The van der Waals surface area contributed by atoms with Crippen LogP contribution in [0.5, 0.6) is 0 Å². The summed E-state index contributed by atoms with van der Waals surface area (Å²) >= 11 is 0. The van der Waals surface area contributed by atoms with Gasteiger partial charge in [0.1, 0.15) is 0 Å². The molecule has 158 valence electrons. The number of rotatable bonds is 5. The fourth-order valence-electron chi connectivity index (χ4n) is 4.17. The Bertz CT molecular complexity index is 778. The number of hydrogen-bond donors (Lipinski definition) is 0. The highest BCUT2D eigenvalue weighted by Crippen LogP contribution is 2.30. The van der Waals surface area contributed by atoms with Crippen LogP contribution in [0.4, 0.5) is 13.2 Å². The highest BCUT2D eigenvalue weighted by Gasteiger charge is 2.30. The topological polar surface area (TPSA) is 56.1 Å². The van der Waals surface area contributed by atoms with Crippen molar-refractivity contribution in [2.45, 2.75) is 69.9 Å². The van der Waals surface area contributed by atoms with Crippen LogP contribution in [0.15, 0.2) is 24.3 Å². The van der Waals surface area contributed by atoms with Gasteiger partial charge in [-0.15, -0.1) is 5.10 Å². The summed E-state index contributed by atoms with van der Waals surface area (Å²) < 4.78 is 46.1. The maximum atomic E-state index is 12.8. The van der Waals surface area contributed by atoms with Crippen LogP contribution in [0, 0.1) is 0 Å². The molecule has 2 aromatic rings. The molecule has 2 aliphatic rings. The van der Waals surface area contributed by atoms with Crippen molar-refractivity contribution in [1.82, 2.24) is 25.1 Å². The first-order valence-electron chi connectivity index (χ1n) is 10.3. The largest absolute Gasteiger partial charge is 0.416 e. The number of piperidine rings is 1. The molecular weight excluding hydrogens is 383 g/mol. The van der Waals surface area contributed by atoms with E-state index in [1.165, 1.54) is 48.9 Å². The standard InChI is InChI=1S/C20H26F3N5O/c21-20(22,23)15-6-8-16(9-7-15)28-19(24-25-26-28)14-27-12-10-18(11-13-27)29-17-4-2-1-3-5-17/h6-9,17-18H,1-5,10-14H2. The van der Waals surface area contributed by atoms with E-state index in [4.69, 9.17) is 4.74 Å². The minimum atomic E-state index is -4.36. The van der Waals surface area contributed by atoms with Crippen molar-refractivity contribution in [3.63, 3.8) is 0 Å². The van der Waals surface area contributed by atoms with Gasteiger partial charge in [-0.2, -0.15) is 17.9 Å². The number of aromatic nitrogens is 4.